The van der Waals surface area contributed by atoms with Gasteiger partial charge in [0, 0.05) is 26.1 Å². The predicted molar refractivity (Wildman–Crippen MR) is 155 cm³/mol. The van der Waals surface area contributed by atoms with Gasteiger partial charge in [-0.15, -0.1) is 0 Å². The molecule has 0 spiro atoms. The molecule has 1 heterocycles. The van der Waals surface area contributed by atoms with Crippen LogP contribution in [0.5, 0.6) is 0 Å². The van der Waals surface area contributed by atoms with Gasteiger partial charge in [0.1, 0.15) is 6.10 Å². The van der Waals surface area contributed by atoms with Crippen LogP contribution in [0.4, 0.5) is 0 Å². The van der Waals surface area contributed by atoms with E-state index in [0.717, 1.165) is 81.2 Å². The number of allylic oxidation sites excluding steroid dienone is 1. The van der Waals surface area contributed by atoms with Crippen molar-refractivity contribution in [1.29, 1.82) is 0 Å². The molecule has 4 aliphatic carbocycles. The number of fused-ring (bicyclic) bond motifs is 5. The number of nitrogens with zero attached hydrogens (tertiary/aromatic N) is 1. The van der Waals surface area contributed by atoms with Crippen molar-refractivity contribution in [3.8, 4) is 0 Å². The van der Waals surface area contributed by atoms with Crippen LogP contribution in [0.2, 0.25) is 0 Å². The maximum absolute atomic E-state index is 12.7. The highest BCUT2D eigenvalue weighted by Crippen LogP contribution is 2.67. The Hall–Kier alpha value is -0.870. The van der Waals surface area contributed by atoms with Crippen molar-refractivity contribution in [1.82, 2.24) is 4.90 Å². The third-order valence-electron chi connectivity index (χ3n) is 12.3. The lowest BCUT2D eigenvalue weighted by molar-refractivity contribution is -0.152. The minimum Gasteiger partial charge on any atom is -0.462 e. The molecule has 0 aromatic heterocycles. The van der Waals surface area contributed by atoms with E-state index in [1.165, 1.54) is 57.8 Å². The lowest BCUT2D eigenvalue weighted by Gasteiger charge is -2.58. The van der Waals surface area contributed by atoms with Crippen molar-refractivity contribution in [2.75, 3.05) is 32.8 Å². The second kappa shape index (κ2) is 11.9. The van der Waals surface area contributed by atoms with E-state index in [4.69, 9.17) is 9.47 Å². The number of morpholine rings is 1. The first-order chi connectivity index (χ1) is 18.2. The van der Waals surface area contributed by atoms with Crippen LogP contribution in [0, 0.1) is 46.3 Å². The molecule has 0 N–H and O–H groups in total. The van der Waals surface area contributed by atoms with Crippen LogP contribution in [0.1, 0.15) is 112 Å². The van der Waals surface area contributed by atoms with Gasteiger partial charge in [0.15, 0.2) is 0 Å². The van der Waals surface area contributed by atoms with Crippen LogP contribution in [-0.4, -0.2) is 49.8 Å². The van der Waals surface area contributed by atoms with Gasteiger partial charge in [0.2, 0.25) is 0 Å². The van der Waals surface area contributed by atoms with Gasteiger partial charge < -0.3 is 9.47 Å². The molecule has 0 amide bonds. The topological polar surface area (TPSA) is 38.8 Å². The molecule has 5 aliphatic rings. The van der Waals surface area contributed by atoms with E-state index < -0.39 is 0 Å². The van der Waals surface area contributed by atoms with Crippen LogP contribution in [0.3, 0.4) is 0 Å². The SMILES string of the molecule is CC(C)CCC[C@H](C)[C@H]1CC[C@H]2[C@@H]3CC=C4C[C@@H](OC(=O)CCN5CCOCC5)CC[C@]4(C)[C@H]3CC[C@]12C. The fourth-order valence-electron chi connectivity index (χ4n) is 10.1. The Bertz CT molecular complexity index is 847. The van der Waals surface area contributed by atoms with Gasteiger partial charge in [-0.2, -0.15) is 0 Å². The summed E-state index contributed by atoms with van der Waals surface area (Å²) in [4.78, 5) is 15.0. The quantitative estimate of drug-likeness (QED) is 0.228. The molecule has 216 valence electrons. The summed E-state index contributed by atoms with van der Waals surface area (Å²) in [5, 5.41) is 0. The van der Waals surface area contributed by atoms with E-state index in [0.29, 0.717) is 17.3 Å². The number of carbonyl (C=O) groups is 1. The lowest BCUT2D eigenvalue weighted by atomic mass is 9.47. The summed E-state index contributed by atoms with van der Waals surface area (Å²) in [7, 11) is 0. The van der Waals surface area contributed by atoms with E-state index >= 15 is 0 Å². The van der Waals surface area contributed by atoms with Crippen molar-refractivity contribution < 1.29 is 14.3 Å². The third-order valence-corrected chi connectivity index (χ3v) is 12.3. The second-order valence-electron chi connectivity index (χ2n) is 14.8. The van der Waals surface area contributed by atoms with Crippen LogP contribution in [0.25, 0.3) is 0 Å². The highest BCUT2D eigenvalue weighted by atomic mass is 16.5. The van der Waals surface area contributed by atoms with Gasteiger partial charge in [-0.1, -0.05) is 65.5 Å². The predicted octanol–water partition coefficient (Wildman–Crippen LogP) is 7.66. The maximum Gasteiger partial charge on any atom is 0.307 e. The van der Waals surface area contributed by atoms with E-state index in [-0.39, 0.29) is 12.1 Å². The summed E-state index contributed by atoms with van der Waals surface area (Å²) in [5.41, 5.74) is 2.49. The average Bonchev–Trinajstić information content (AvgIpc) is 3.25. The maximum atomic E-state index is 12.7. The third kappa shape index (κ3) is 5.78. The first-order valence-electron chi connectivity index (χ1n) is 16.4. The largest absolute Gasteiger partial charge is 0.462 e. The monoisotopic (exact) mass is 527 g/mol. The minimum atomic E-state index is -0.00711. The Morgan fingerprint density at radius 3 is 2.61 bits per heavy atom. The number of esters is 1. The molecule has 5 rings (SSSR count). The van der Waals surface area contributed by atoms with Crippen LogP contribution >= 0.6 is 0 Å². The van der Waals surface area contributed by atoms with Gasteiger partial charge >= 0.3 is 5.97 Å². The van der Waals surface area contributed by atoms with Crippen molar-refractivity contribution in [2.24, 2.45) is 46.3 Å². The van der Waals surface area contributed by atoms with E-state index in [1.807, 2.05) is 0 Å². The number of rotatable bonds is 9. The fraction of sp³-hybridized carbons (Fsp3) is 0.912. The fourth-order valence-corrected chi connectivity index (χ4v) is 10.1. The number of ether oxygens (including phenoxy) is 2. The minimum absolute atomic E-state index is 0.00711. The summed E-state index contributed by atoms with van der Waals surface area (Å²) < 4.78 is 11.5. The molecule has 8 atom stereocenters. The zero-order valence-electron chi connectivity index (χ0n) is 25.3. The number of hydrogen-bond donors (Lipinski definition) is 0. The zero-order valence-corrected chi connectivity index (χ0v) is 25.3. The van der Waals surface area contributed by atoms with Crippen molar-refractivity contribution in [3.63, 3.8) is 0 Å². The summed E-state index contributed by atoms with van der Waals surface area (Å²) in [5.74, 6) is 5.22. The van der Waals surface area contributed by atoms with Gasteiger partial charge in [0.25, 0.3) is 0 Å². The average molecular weight is 528 g/mol. The summed E-state index contributed by atoms with van der Waals surface area (Å²) in [6.45, 7) is 16.8. The molecule has 4 nitrogen and oxygen atoms in total. The Kier molecular flexibility index (Phi) is 9.00. The van der Waals surface area contributed by atoms with E-state index in [9.17, 15) is 4.79 Å². The molecule has 0 bridgehead atoms. The van der Waals surface area contributed by atoms with Crippen LogP contribution in [-0.2, 0) is 14.3 Å². The van der Waals surface area contributed by atoms with Crippen LogP contribution in [0.15, 0.2) is 11.6 Å². The Morgan fingerprint density at radius 2 is 1.84 bits per heavy atom. The van der Waals surface area contributed by atoms with E-state index in [2.05, 4.69) is 45.6 Å². The molecule has 1 aliphatic heterocycles. The van der Waals surface area contributed by atoms with Gasteiger partial charge in [0.05, 0.1) is 19.6 Å². The summed E-state index contributed by atoms with van der Waals surface area (Å²) in [6, 6.07) is 0. The molecule has 3 saturated carbocycles. The first-order valence-corrected chi connectivity index (χ1v) is 16.4. The zero-order chi connectivity index (χ0) is 26.9. The standard InChI is InChI=1S/C34H57NO3/c1-24(2)7-6-8-25(3)29-11-12-30-28-10-9-26-23-27(38-32(36)15-18-35-19-21-37-22-20-35)13-16-33(26,4)31(28)14-17-34(29,30)5/h9,24-25,27-31H,6-8,10-23H2,1-5H3/t25-,27-,28-,29+,30-,31-,33-,34+/m0/s1. The smallest absolute Gasteiger partial charge is 0.307 e. The van der Waals surface area contributed by atoms with Gasteiger partial charge in [-0.3, -0.25) is 9.69 Å². The molecular formula is C34H57NO3. The van der Waals surface area contributed by atoms with Crippen LogP contribution < -0.4 is 0 Å². The van der Waals surface area contributed by atoms with E-state index in [1.54, 1.807) is 5.57 Å². The Morgan fingerprint density at radius 1 is 1.05 bits per heavy atom. The van der Waals surface area contributed by atoms with Crippen molar-refractivity contribution >= 4 is 5.97 Å². The first kappa shape index (κ1) is 28.7. The molecule has 4 fully saturated rings. The van der Waals surface area contributed by atoms with Crippen molar-refractivity contribution in [3.05, 3.63) is 11.6 Å². The normalized spacial score (nSPS) is 40.2. The summed E-state index contributed by atoms with van der Waals surface area (Å²) >= 11 is 0. The molecule has 38 heavy (non-hydrogen) atoms. The van der Waals surface area contributed by atoms with Crippen molar-refractivity contribution in [2.45, 2.75) is 118 Å². The second-order valence-corrected chi connectivity index (χ2v) is 14.8. The number of hydrogen-bond acceptors (Lipinski definition) is 4. The molecule has 4 heteroatoms. The number of carbonyl (C=O) groups excluding carboxylic acids is 1. The Labute approximate surface area is 233 Å². The highest BCUT2D eigenvalue weighted by Gasteiger charge is 2.59. The van der Waals surface area contributed by atoms with Gasteiger partial charge in [-0.05, 0) is 91.3 Å². The molecule has 0 aromatic rings. The lowest BCUT2D eigenvalue weighted by Crippen LogP contribution is -2.51. The molecular weight excluding hydrogens is 470 g/mol. The highest BCUT2D eigenvalue weighted by molar-refractivity contribution is 5.69. The molecule has 0 unspecified atom stereocenters. The van der Waals surface area contributed by atoms with Gasteiger partial charge in [-0.25, -0.2) is 0 Å². The Balaban J connectivity index is 1.17. The summed E-state index contributed by atoms with van der Waals surface area (Å²) in [6.07, 6.45) is 17.7. The molecule has 0 radical (unpaired) electrons. The molecule has 0 aromatic carbocycles. The molecule has 1 saturated heterocycles.